The van der Waals surface area contributed by atoms with E-state index < -0.39 is 0 Å². The molecule has 1 N–H and O–H groups in total. The SMILES string of the molecule is CCC(C)NC(=O)C1Cc2ccccc2S1. The molecule has 0 saturated heterocycles. The van der Waals surface area contributed by atoms with Crippen molar-refractivity contribution in [3.05, 3.63) is 29.8 Å². The fraction of sp³-hybridized carbons (Fsp3) is 0.462. The summed E-state index contributed by atoms with van der Waals surface area (Å²) in [6.07, 6.45) is 1.85. The van der Waals surface area contributed by atoms with Gasteiger partial charge in [-0.2, -0.15) is 0 Å². The first-order valence-corrected chi connectivity index (χ1v) is 6.63. The lowest BCUT2D eigenvalue weighted by molar-refractivity contribution is -0.121. The lowest BCUT2D eigenvalue weighted by Gasteiger charge is -2.14. The summed E-state index contributed by atoms with van der Waals surface area (Å²) >= 11 is 1.68. The van der Waals surface area contributed by atoms with E-state index in [2.05, 4.69) is 24.4 Å². The van der Waals surface area contributed by atoms with Gasteiger partial charge in [0.05, 0.1) is 5.25 Å². The lowest BCUT2D eigenvalue weighted by atomic mass is 10.1. The van der Waals surface area contributed by atoms with E-state index in [-0.39, 0.29) is 17.2 Å². The summed E-state index contributed by atoms with van der Waals surface area (Å²) in [7, 11) is 0. The maximum absolute atomic E-state index is 12.0. The highest BCUT2D eigenvalue weighted by atomic mass is 32.2. The molecule has 1 aliphatic rings. The Morgan fingerprint density at radius 3 is 3.00 bits per heavy atom. The minimum Gasteiger partial charge on any atom is -0.353 e. The number of hydrogen-bond donors (Lipinski definition) is 1. The van der Waals surface area contributed by atoms with Gasteiger partial charge in [-0.1, -0.05) is 25.1 Å². The molecule has 0 saturated carbocycles. The van der Waals surface area contributed by atoms with Crippen LogP contribution in [0.5, 0.6) is 0 Å². The number of nitrogens with one attached hydrogen (secondary N) is 1. The molecule has 0 aromatic heterocycles. The molecule has 0 radical (unpaired) electrons. The van der Waals surface area contributed by atoms with Crippen molar-refractivity contribution < 1.29 is 4.79 Å². The van der Waals surface area contributed by atoms with Gasteiger partial charge in [-0.25, -0.2) is 0 Å². The molecule has 86 valence electrons. The van der Waals surface area contributed by atoms with Crippen LogP contribution >= 0.6 is 11.8 Å². The summed E-state index contributed by atoms with van der Waals surface area (Å²) in [6.45, 7) is 4.13. The molecule has 0 bridgehead atoms. The molecule has 1 heterocycles. The molecule has 16 heavy (non-hydrogen) atoms. The molecular formula is C13H17NOS. The van der Waals surface area contributed by atoms with Crippen molar-refractivity contribution in [2.45, 2.75) is 42.9 Å². The van der Waals surface area contributed by atoms with Crippen LogP contribution in [0.1, 0.15) is 25.8 Å². The molecule has 0 aliphatic carbocycles. The quantitative estimate of drug-likeness (QED) is 0.872. The predicted octanol–water partition coefficient (Wildman–Crippen LogP) is 2.62. The number of amides is 1. The van der Waals surface area contributed by atoms with Gasteiger partial charge in [0.2, 0.25) is 5.91 Å². The summed E-state index contributed by atoms with van der Waals surface area (Å²) in [5, 5.41) is 3.11. The Balaban J connectivity index is 1.98. The van der Waals surface area contributed by atoms with Crippen LogP contribution in [0.25, 0.3) is 0 Å². The third kappa shape index (κ3) is 2.40. The van der Waals surface area contributed by atoms with E-state index >= 15 is 0 Å². The Morgan fingerprint density at radius 2 is 2.31 bits per heavy atom. The van der Waals surface area contributed by atoms with Gasteiger partial charge >= 0.3 is 0 Å². The van der Waals surface area contributed by atoms with Crippen molar-refractivity contribution in [2.24, 2.45) is 0 Å². The Hall–Kier alpha value is -0.960. The second-order valence-corrected chi connectivity index (χ2v) is 5.48. The molecule has 0 fully saturated rings. The van der Waals surface area contributed by atoms with Gasteiger partial charge < -0.3 is 5.32 Å². The normalized spacial score (nSPS) is 20.2. The number of carbonyl (C=O) groups is 1. The van der Waals surface area contributed by atoms with Crippen LogP contribution in [0, 0.1) is 0 Å². The van der Waals surface area contributed by atoms with Crippen LogP contribution in [0.2, 0.25) is 0 Å². The van der Waals surface area contributed by atoms with E-state index in [0.717, 1.165) is 12.8 Å². The van der Waals surface area contributed by atoms with Crippen LogP contribution in [0.15, 0.2) is 29.2 Å². The number of carbonyl (C=O) groups excluding carboxylic acids is 1. The van der Waals surface area contributed by atoms with Gasteiger partial charge in [0.1, 0.15) is 0 Å². The molecule has 2 unspecified atom stereocenters. The van der Waals surface area contributed by atoms with Gasteiger partial charge in [-0.15, -0.1) is 11.8 Å². The third-order valence-electron chi connectivity index (χ3n) is 2.94. The van der Waals surface area contributed by atoms with E-state index in [1.54, 1.807) is 11.8 Å². The molecule has 2 nitrogen and oxygen atoms in total. The zero-order chi connectivity index (χ0) is 11.5. The summed E-state index contributed by atoms with van der Waals surface area (Å²) in [5.74, 6) is 0.176. The Labute approximate surface area is 101 Å². The minimum atomic E-state index is 0.0615. The molecule has 2 rings (SSSR count). The van der Waals surface area contributed by atoms with Gasteiger partial charge in [0.25, 0.3) is 0 Å². The Morgan fingerprint density at radius 1 is 1.56 bits per heavy atom. The number of hydrogen-bond acceptors (Lipinski definition) is 2. The molecule has 3 heteroatoms. The van der Waals surface area contributed by atoms with Crippen molar-refractivity contribution in [1.29, 1.82) is 0 Å². The van der Waals surface area contributed by atoms with E-state index in [4.69, 9.17) is 0 Å². The molecule has 1 aliphatic heterocycles. The molecule has 1 aromatic carbocycles. The first-order valence-electron chi connectivity index (χ1n) is 5.75. The second kappa shape index (κ2) is 4.91. The Bertz CT molecular complexity index is 366. The third-order valence-corrected chi connectivity index (χ3v) is 4.26. The van der Waals surface area contributed by atoms with Gasteiger partial charge in [-0.3, -0.25) is 4.79 Å². The molecule has 1 amide bonds. The highest BCUT2D eigenvalue weighted by Crippen LogP contribution is 2.36. The highest BCUT2D eigenvalue weighted by Gasteiger charge is 2.28. The van der Waals surface area contributed by atoms with Crippen LogP contribution in [-0.4, -0.2) is 17.2 Å². The van der Waals surface area contributed by atoms with Crippen molar-refractivity contribution in [3.63, 3.8) is 0 Å². The fourth-order valence-corrected chi connectivity index (χ4v) is 2.97. The zero-order valence-corrected chi connectivity index (χ0v) is 10.5. The molecular weight excluding hydrogens is 218 g/mol. The molecule has 1 aromatic rings. The standard InChI is InChI=1S/C13H17NOS/c1-3-9(2)14-13(15)12-8-10-6-4-5-7-11(10)16-12/h4-7,9,12H,3,8H2,1-2H3,(H,14,15). The number of benzene rings is 1. The second-order valence-electron chi connectivity index (χ2n) is 4.24. The average Bonchev–Trinajstić information content (AvgIpc) is 2.72. The van der Waals surface area contributed by atoms with Crippen molar-refractivity contribution in [3.8, 4) is 0 Å². The number of fused-ring (bicyclic) bond motifs is 1. The van der Waals surface area contributed by atoms with Crippen LogP contribution in [-0.2, 0) is 11.2 Å². The smallest absolute Gasteiger partial charge is 0.234 e. The first-order chi connectivity index (χ1) is 7.70. The minimum absolute atomic E-state index is 0.0615. The van der Waals surface area contributed by atoms with E-state index in [0.29, 0.717) is 0 Å². The fourth-order valence-electron chi connectivity index (χ4n) is 1.77. The van der Waals surface area contributed by atoms with Crippen molar-refractivity contribution in [2.75, 3.05) is 0 Å². The predicted molar refractivity (Wildman–Crippen MR) is 67.7 cm³/mol. The maximum Gasteiger partial charge on any atom is 0.234 e. The maximum atomic E-state index is 12.0. The molecule has 0 spiro atoms. The highest BCUT2D eigenvalue weighted by molar-refractivity contribution is 8.01. The largest absolute Gasteiger partial charge is 0.353 e. The summed E-state index contributed by atoms with van der Waals surface area (Å²) < 4.78 is 0. The van der Waals surface area contributed by atoms with Gasteiger partial charge in [0.15, 0.2) is 0 Å². The summed E-state index contributed by atoms with van der Waals surface area (Å²) in [5.41, 5.74) is 1.30. The summed E-state index contributed by atoms with van der Waals surface area (Å²) in [6, 6.07) is 8.54. The van der Waals surface area contributed by atoms with Gasteiger partial charge in [0, 0.05) is 10.9 Å². The van der Waals surface area contributed by atoms with Crippen molar-refractivity contribution >= 4 is 17.7 Å². The van der Waals surface area contributed by atoms with Crippen LogP contribution in [0.3, 0.4) is 0 Å². The van der Waals surface area contributed by atoms with Gasteiger partial charge in [-0.05, 0) is 31.4 Å². The lowest BCUT2D eigenvalue weighted by Crippen LogP contribution is -2.38. The van der Waals surface area contributed by atoms with Crippen LogP contribution in [0.4, 0.5) is 0 Å². The average molecular weight is 235 g/mol. The Kier molecular flexibility index (Phi) is 3.54. The van der Waals surface area contributed by atoms with E-state index in [1.807, 2.05) is 19.1 Å². The monoisotopic (exact) mass is 235 g/mol. The number of rotatable bonds is 3. The van der Waals surface area contributed by atoms with Crippen LogP contribution < -0.4 is 5.32 Å². The van der Waals surface area contributed by atoms with E-state index in [1.165, 1.54) is 10.5 Å². The van der Waals surface area contributed by atoms with E-state index in [9.17, 15) is 4.79 Å². The summed E-state index contributed by atoms with van der Waals surface area (Å²) in [4.78, 5) is 13.2. The zero-order valence-electron chi connectivity index (χ0n) is 9.69. The topological polar surface area (TPSA) is 29.1 Å². The number of thioether (sulfide) groups is 1. The first kappa shape index (κ1) is 11.5. The van der Waals surface area contributed by atoms with Crippen molar-refractivity contribution in [1.82, 2.24) is 5.32 Å². The molecule has 2 atom stereocenters.